The van der Waals surface area contributed by atoms with Crippen LogP contribution in [-0.2, 0) is 0 Å². The largest absolute Gasteiger partial charge is 0.490 e. The summed E-state index contributed by atoms with van der Waals surface area (Å²) < 4.78 is 24.6. The molecule has 0 fully saturated rings. The molecule has 2 aromatic carbocycles. The fourth-order valence-electron chi connectivity index (χ4n) is 6.82. The summed E-state index contributed by atoms with van der Waals surface area (Å²) in [7, 11) is 0. The van der Waals surface area contributed by atoms with E-state index < -0.39 is 0 Å². The van der Waals surface area contributed by atoms with Gasteiger partial charge in [-0.3, -0.25) is 9.59 Å². The van der Waals surface area contributed by atoms with Crippen molar-refractivity contribution in [1.82, 2.24) is 10.6 Å². The highest BCUT2D eigenvalue weighted by molar-refractivity contribution is 6.05. The van der Waals surface area contributed by atoms with Gasteiger partial charge in [0.2, 0.25) is 0 Å². The lowest BCUT2D eigenvalue weighted by molar-refractivity contribution is 0.103. The van der Waals surface area contributed by atoms with Crippen molar-refractivity contribution in [3.63, 3.8) is 0 Å². The third kappa shape index (κ3) is 25.6. The lowest BCUT2D eigenvalue weighted by atomic mass is 10.1. The maximum Gasteiger partial charge on any atom is 0.187 e. The van der Waals surface area contributed by atoms with E-state index >= 15 is 0 Å². The van der Waals surface area contributed by atoms with Crippen molar-refractivity contribution in [2.24, 2.45) is 0 Å². The molecule has 2 aromatic rings. The van der Waals surface area contributed by atoms with Crippen molar-refractivity contribution in [2.75, 3.05) is 39.5 Å². The minimum Gasteiger partial charge on any atom is -0.490 e. The third-order valence-electron chi connectivity index (χ3n) is 10.6. The number of carbonyl (C=O) groups is 2. The molecule has 8 nitrogen and oxygen atoms in total. The molecule has 0 spiro atoms. The smallest absolute Gasteiger partial charge is 0.187 e. The van der Waals surface area contributed by atoms with Gasteiger partial charge >= 0.3 is 0 Å². The van der Waals surface area contributed by atoms with Crippen LogP contribution in [0.5, 0.6) is 23.0 Å². The Morgan fingerprint density at radius 2 is 0.683 bits per heavy atom. The summed E-state index contributed by atoms with van der Waals surface area (Å²) in [5.41, 5.74) is 1.12. The molecule has 8 heteroatoms. The highest BCUT2D eigenvalue weighted by atomic mass is 16.5. The average Bonchev–Trinajstić information content (AvgIpc) is 3.26. The van der Waals surface area contributed by atoms with Gasteiger partial charge < -0.3 is 29.6 Å². The molecule has 0 saturated heterocycles. The molecule has 338 valence electrons. The number of hydrogen-bond acceptors (Lipinski definition) is 8. The highest BCUT2D eigenvalue weighted by Crippen LogP contribution is 2.31. The van der Waals surface area contributed by atoms with Gasteiger partial charge in [-0.25, -0.2) is 0 Å². The summed E-state index contributed by atoms with van der Waals surface area (Å²) in [4.78, 5) is 26.2. The quantitative estimate of drug-likeness (QED) is 0.0389. The molecule has 0 amide bonds. The van der Waals surface area contributed by atoms with Gasteiger partial charge in [0, 0.05) is 48.8 Å². The van der Waals surface area contributed by atoms with Gasteiger partial charge in [0.1, 0.15) is 0 Å². The van der Waals surface area contributed by atoms with E-state index in [2.05, 4.69) is 38.3 Å². The molecule has 60 heavy (non-hydrogen) atoms. The minimum atomic E-state index is -0.109. The molecule has 0 saturated carbocycles. The number of rotatable bonds is 41. The van der Waals surface area contributed by atoms with E-state index in [4.69, 9.17) is 18.9 Å². The van der Waals surface area contributed by atoms with Crippen LogP contribution in [-0.4, -0.2) is 51.1 Å². The van der Waals surface area contributed by atoms with Gasteiger partial charge in [-0.05, 0) is 62.1 Å². The number of nitrogens with one attached hydrogen (secondary N) is 2. The van der Waals surface area contributed by atoms with E-state index in [-0.39, 0.29) is 11.6 Å². The summed E-state index contributed by atoms with van der Waals surface area (Å²) in [5, 5.41) is 6.33. The van der Waals surface area contributed by atoms with Gasteiger partial charge in [-0.1, -0.05) is 156 Å². The number of unbranched alkanes of at least 4 members (excludes halogenated alkanes) is 20. The number of allylic oxidation sites excluding steroid dienone is 2. The molecule has 0 radical (unpaired) electrons. The Balaban J connectivity index is 1.86. The molecule has 0 aromatic heterocycles. The van der Waals surface area contributed by atoms with Crippen LogP contribution in [0, 0.1) is 0 Å². The first-order chi connectivity index (χ1) is 29.5. The van der Waals surface area contributed by atoms with Gasteiger partial charge in [-0.15, -0.1) is 0 Å². The molecular weight excluding hydrogens is 749 g/mol. The molecule has 0 heterocycles. The second-order valence-electron chi connectivity index (χ2n) is 16.1. The SMILES string of the molecule is CCCCCCCCOc1ccc(C(=O)/C=C/NCCN/C=C/C(=O)c2ccc(OCCCCCCCC)c(OCCCCCCCC)c2)cc1OCCCCCCCC. The predicted molar refractivity (Wildman–Crippen MR) is 251 cm³/mol. The number of ketones is 2. The zero-order valence-corrected chi connectivity index (χ0v) is 38.4. The van der Waals surface area contributed by atoms with Crippen molar-refractivity contribution in [3.8, 4) is 23.0 Å². The molecule has 0 aliphatic carbocycles. The maximum absolute atomic E-state index is 13.1. The van der Waals surface area contributed by atoms with E-state index in [1.54, 1.807) is 12.4 Å². The Morgan fingerprint density at radius 3 is 1.00 bits per heavy atom. The summed E-state index contributed by atoms with van der Waals surface area (Å²) in [6.45, 7) is 12.6. The molecule has 0 atom stereocenters. The lowest BCUT2D eigenvalue weighted by Crippen LogP contribution is -2.20. The first-order valence-electron chi connectivity index (χ1n) is 24.2. The zero-order chi connectivity index (χ0) is 43.1. The van der Waals surface area contributed by atoms with E-state index in [9.17, 15) is 9.59 Å². The standard InChI is InChI=1S/C52H84N2O6/c1-5-9-13-17-21-25-39-57-49-31-29-45(43-51(49)59-41-27-23-19-15-11-7-3)47(55)33-35-53-37-38-54-36-34-48(56)46-30-32-50(58-40-26-22-18-14-10-6-2)52(44-46)60-42-28-24-20-16-12-8-4/h29-36,43-44,53-54H,5-28,37-42H2,1-4H3/b35-33+,36-34+. The number of benzene rings is 2. The number of carbonyl (C=O) groups excluding carboxylic acids is 2. The van der Waals surface area contributed by atoms with Crippen LogP contribution in [0.25, 0.3) is 0 Å². The van der Waals surface area contributed by atoms with Crippen LogP contribution in [0.2, 0.25) is 0 Å². The van der Waals surface area contributed by atoms with Crippen LogP contribution >= 0.6 is 0 Å². The Labute approximate surface area is 366 Å². The first-order valence-corrected chi connectivity index (χ1v) is 24.2. The van der Waals surface area contributed by atoms with Crippen LogP contribution in [0.1, 0.15) is 203 Å². The van der Waals surface area contributed by atoms with Gasteiger partial charge in [0.05, 0.1) is 26.4 Å². The minimum absolute atomic E-state index is 0.109. The number of ether oxygens (including phenoxy) is 4. The van der Waals surface area contributed by atoms with Crippen molar-refractivity contribution in [1.29, 1.82) is 0 Å². The van der Waals surface area contributed by atoms with Gasteiger partial charge in [-0.2, -0.15) is 0 Å². The van der Waals surface area contributed by atoms with E-state index in [0.29, 0.717) is 73.6 Å². The summed E-state index contributed by atoms with van der Waals surface area (Å²) in [6, 6.07) is 11.0. The summed E-state index contributed by atoms with van der Waals surface area (Å²) in [5.74, 6) is 2.46. The molecule has 2 rings (SSSR count). The molecule has 0 unspecified atom stereocenters. The fourth-order valence-corrected chi connectivity index (χ4v) is 6.82. The number of hydrogen-bond donors (Lipinski definition) is 2. The van der Waals surface area contributed by atoms with Crippen molar-refractivity contribution in [3.05, 3.63) is 72.1 Å². The summed E-state index contributed by atoms with van der Waals surface area (Å²) >= 11 is 0. The van der Waals surface area contributed by atoms with E-state index in [1.165, 1.54) is 115 Å². The lowest BCUT2D eigenvalue weighted by Gasteiger charge is -2.14. The van der Waals surface area contributed by atoms with E-state index in [0.717, 1.165) is 51.4 Å². The van der Waals surface area contributed by atoms with Gasteiger partial charge in [0.25, 0.3) is 0 Å². The maximum atomic E-state index is 13.1. The Hall–Kier alpha value is -3.94. The Bertz CT molecular complexity index is 1330. The summed E-state index contributed by atoms with van der Waals surface area (Å²) in [6.07, 6.45) is 35.1. The zero-order valence-electron chi connectivity index (χ0n) is 38.4. The molecule has 0 bridgehead atoms. The van der Waals surface area contributed by atoms with Gasteiger partial charge in [0.15, 0.2) is 34.6 Å². The molecule has 0 aliphatic heterocycles. The van der Waals surface area contributed by atoms with Crippen molar-refractivity contribution >= 4 is 11.6 Å². The van der Waals surface area contributed by atoms with E-state index in [1.807, 2.05) is 36.4 Å². The Kier molecular flexibility index (Phi) is 32.1. The monoisotopic (exact) mass is 833 g/mol. The van der Waals surface area contributed by atoms with Crippen molar-refractivity contribution < 1.29 is 28.5 Å². The molecule has 0 aliphatic rings. The molecule has 2 N–H and O–H groups in total. The fraction of sp³-hybridized carbons (Fsp3) is 0.654. The normalized spacial score (nSPS) is 11.3. The van der Waals surface area contributed by atoms with Crippen LogP contribution in [0.15, 0.2) is 61.0 Å². The Morgan fingerprint density at radius 1 is 0.400 bits per heavy atom. The average molecular weight is 833 g/mol. The predicted octanol–water partition coefficient (Wildman–Crippen LogP) is 13.9. The second kappa shape index (κ2) is 36.9. The highest BCUT2D eigenvalue weighted by Gasteiger charge is 2.13. The second-order valence-corrected chi connectivity index (χ2v) is 16.1. The van der Waals surface area contributed by atoms with Crippen LogP contribution in [0.3, 0.4) is 0 Å². The van der Waals surface area contributed by atoms with Crippen LogP contribution in [0.4, 0.5) is 0 Å². The third-order valence-corrected chi connectivity index (χ3v) is 10.6. The topological polar surface area (TPSA) is 95.1 Å². The van der Waals surface area contributed by atoms with Crippen LogP contribution < -0.4 is 29.6 Å². The molecular formula is C52H84N2O6. The first kappa shape index (κ1) is 52.2. The van der Waals surface area contributed by atoms with Crippen molar-refractivity contribution in [2.45, 2.75) is 182 Å².